The van der Waals surface area contributed by atoms with Gasteiger partial charge in [0.1, 0.15) is 0 Å². The molecule has 80 valence electrons. The second-order valence-electron chi connectivity index (χ2n) is 4.32. The highest BCUT2D eigenvalue weighted by atomic mass is 32.2. The Balaban J connectivity index is 3.95. The zero-order chi connectivity index (χ0) is 10.4. The van der Waals surface area contributed by atoms with Crippen LogP contribution in [0.2, 0.25) is 0 Å². The minimum absolute atomic E-state index is 0.158. The van der Waals surface area contributed by atoms with Crippen molar-refractivity contribution in [3.8, 4) is 0 Å². The molecular formula is C9H21NO2S. The molecule has 0 aromatic carbocycles. The van der Waals surface area contributed by atoms with Crippen molar-refractivity contribution in [3.05, 3.63) is 0 Å². The summed E-state index contributed by atoms with van der Waals surface area (Å²) in [6.45, 7) is 8.48. The van der Waals surface area contributed by atoms with Crippen molar-refractivity contribution >= 4 is 11.3 Å². The molecule has 0 aliphatic carbocycles. The summed E-state index contributed by atoms with van der Waals surface area (Å²) >= 11 is -1.88. The molecule has 0 amide bonds. The Hall–Kier alpha value is 0.0700. The summed E-state index contributed by atoms with van der Waals surface area (Å²) in [5.74, 6) is 1.11. The third-order valence-corrected chi connectivity index (χ3v) is 2.31. The summed E-state index contributed by atoms with van der Waals surface area (Å²) in [6, 6.07) is 0.158. The van der Waals surface area contributed by atoms with E-state index in [0.29, 0.717) is 11.8 Å². The fourth-order valence-electron chi connectivity index (χ4n) is 1.47. The van der Waals surface area contributed by atoms with E-state index in [1.165, 1.54) is 0 Å². The van der Waals surface area contributed by atoms with Crippen LogP contribution in [-0.2, 0) is 11.3 Å². The standard InChI is InChI=1S/C9H21NO2S/c1-7(2)5-9(6-8(3)4)10-13(11)12/h7-10H,5-6H2,1-4H3,(H,11,12). The number of hydrogen-bond donors (Lipinski definition) is 2. The molecule has 3 nitrogen and oxygen atoms in total. The van der Waals surface area contributed by atoms with Gasteiger partial charge in [0.25, 0.3) is 0 Å². The Bertz CT molecular complexity index is 150. The van der Waals surface area contributed by atoms with Crippen LogP contribution in [0.3, 0.4) is 0 Å². The lowest BCUT2D eigenvalue weighted by molar-refractivity contribution is 0.392. The van der Waals surface area contributed by atoms with E-state index in [1.54, 1.807) is 0 Å². The van der Waals surface area contributed by atoms with Gasteiger partial charge in [0.2, 0.25) is 11.3 Å². The molecule has 0 heterocycles. The Morgan fingerprint density at radius 2 is 1.54 bits per heavy atom. The van der Waals surface area contributed by atoms with E-state index < -0.39 is 11.3 Å². The Labute approximate surface area is 83.7 Å². The van der Waals surface area contributed by atoms with Gasteiger partial charge in [0, 0.05) is 6.04 Å². The van der Waals surface area contributed by atoms with Gasteiger partial charge in [-0.3, -0.25) is 4.55 Å². The minimum Gasteiger partial charge on any atom is -0.294 e. The fraction of sp³-hybridized carbons (Fsp3) is 1.00. The zero-order valence-corrected chi connectivity index (χ0v) is 9.73. The highest BCUT2D eigenvalue weighted by Crippen LogP contribution is 2.13. The molecule has 0 bridgehead atoms. The van der Waals surface area contributed by atoms with Gasteiger partial charge in [0.15, 0.2) is 0 Å². The third-order valence-electron chi connectivity index (χ3n) is 1.78. The quantitative estimate of drug-likeness (QED) is 0.656. The lowest BCUT2D eigenvalue weighted by atomic mass is 9.97. The number of nitrogens with one attached hydrogen (secondary N) is 1. The Morgan fingerprint density at radius 1 is 1.15 bits per heavy atom. The van der Waals surface area contributed by atoms with Crippen LogP contribution in [0.25, 0.3) is 0 Å². The van der Waals surface area contributed by atoms with Gasteiger partial charge < -0.3 is 0 Å². The average molecular weight is 207 g/mol. The van der Waals surface area contributed by atoms with Crippen molar-refractivity contribution in [1.82, 2.24) is 4.72 Å². The van der Waals surface area contributed by atoms with E-state index in [9.17, 15) is 4.21 Å². The monoisotopic (exact) mass is 207 g/mol. The first-order valence-corrected chi connectivity index (χ1v) is 5.89. The van der Waals surface area contributed by atoms with Crippen molar-refractivity contribution in [2.75, 3.05) is 0 Å². The van der Waals surface area contributed by atoms with Crippen molar-refractivity contribution in [3.63, 3.8) is 0 Å². The normalized spacial score (nSPS) is 14.5. The van der Waals surface area contributed by atoms with E-state index in [4.69, 9.17) is 4.55 Å². The maximum absolute atomic E-state index is 10.6. The van der Waals surface area contributed by atoms with Crippen LogP contribution in [0.15, 0.2) is 0 Å². The van der Waals surface area contributed by atoms with Gasteiger partial charge in [-0.05, 0) is 24.7 Å². The van der Waals surface area contributed by atoms with Crippen LogP contribution >= 0.6 is 0 Å². The van der Waals surface area contributed by atoms with E-state index in [0.717, 1.165) is 12.8 Å². The van der Waals surface area contributed by atoms with Gasteiger partial charge in [-0.15, -0.1) is 0 Å². The molecule has 0 saturated heterocycles. The van der Waals surface area contributed by atoms with Gasteiger partial charge in [0.05, 0.1) is 0 Å². The molecule has 0 aromatic rings. The van der Waals surface area contributed by atoms with E-state index in [-0.39, 0.29) is 6.04 Å². The van der Waals surface area contributed by atoms with E-state index in [2.05, 4.69) is 32.4 Å². The van der Waals surface area contributed by atoms with Crippen molar-refractivity contribution in [1.29, 1.82) is 0 Å². The van der Waals surface area contributed by atoms with Crippen molar-refractivity contribution in [2.24, 2.45) is 11.8 Å². The molecule has 4 heteroatoms. The second-order valence-corrected chi connectivity index (χ2v) is 5.06. The van der Waals surface area contributed by atoms with E-state index in [1.807, 2.05) is 0 Å². The SMILES string of the molecule is CC(C)CC(CC(C)C)NS(=O)O. The van der Waals surface area contributed by atoms with Gasteiger partial charge in [-0.2, -0.15) is 0 Å². The smallest absolute Gasteiger partial charge is 0.231 e. The summed E-state index contributed by atoms with van der Waals surface area (Å²) in [4.78, 5) is 0. The van der Waals surface area contributed by atoms with Crippen LogP contribution in [0.5, 0.6) is 0 Å². The van der Waals surface area contributed by atoms with Crippen molar-refractivity contribution in [2.45, 2.75) is 46.6 Å². The number of rotatable bonds is 6. The largest absolute Gasteiger partial charge is 0.294 e. The van der Waals surface area contributed by atoms with Crippen LogP contribution in [0.4, 0.5) is 0 Å². The summed E-state index contributed by atoms with van der Waals surface area (Å²) in [5.41, 5.74) is 0. The summed E-state index contributed by atoms with van der Waals surface area (Å²) in [5, 5.41) is 0. The minimum atomic E-state index is -1.88. The molecule has 0 spiro atoms. The van der Waals surface area contributed by atoms with Gasteiger partial charge in [-0.25, -0.2) is 8.93 Å². The first-order valence-electron chi connectivity index (χ1n) is 4.78. The highest BCUT2D eigenvalue weighted by molar-refractivity contribution is 7.77. The molecule has 2 N–H and O–H groups in total. The van der Waals surface area contributed by atoms with Crippen LogP contribution in [-0.4, -0.2) is 14.8 Å². The predicted octanol–water partition coefficient (Wildman–Crippen LogP) is 2.17. The molecule has 1 unspecified atom stereocenters. The lowest BCUT2D eigenvalue weighted by Crippen LogP contribution is -2.32. The van der Waals surface area contributed by atoms with E-state index >= 15 is 0 Å². The maximum Gasteiger partial charge on any atom is 0.231 e. The molecule has 0 aliphatic rings. The first kappa shape index (κ1) is 13.1. The van der Waals surface area contributed by atoms with Gasteiger partial charge in [-0.1, -0.05) is 27.7 Å². The van der Waals surface area contributed by atoms with Gasteiger partial charge >= 0.3 is 0 Å². The molecule has 0 aliphatic heterocycles. The molecule has 0 radical (unpaired) electrons. The lowest BCUT2D eigenvalue weighted by Gasteiger charge is -2.20. The molecule has 0 saturated carbocycles. The molecule has 0 aromatic heterocycles. The van der Waals surface area contributed by atoms with Crippen LogP contribution in [0, 0.1) is 11.8 Å². The molecule has 13 heavy (non-hydrogen) atoms. The zero-order valence-electron chi connectivity index (χ0n) is 8.91. The Morgan fingerprint density at radius 3 is 1.77 bits per heavy atom. The Kier molecular flexibility index (Phi) is 6.55. The van der Waals surface area contributed by atoms with Crippen molar-refractivity contribution < 1.29 is 8.76 Å². The van der Waals surface area contributed by atoms with Crippen LogP contribution in [0.1, 0.15) is 40.5 Å². The molecular weight excluding hydrogens is 186 g/mol. The summed E-state index contributed by atoms with van der Waals surface area (Å²) in [6.07, 6.45) is 1.90. The second kappa shape index (κ2) is 6.51. The summed E-state index contributed by atoms with van der Waals surface area (Å²) < 4.78 is 22.0. The highest BCUT2D eigenvalue weighted by Gasteiger charge is 2.13. The summed E-state index contributed by atoms with van der Waals surface area (Å²) in [7, 11) is 0. The molecule has 1 atom stereocenters. The average Bonchev–Trinajstić information content (AvgIpc) is 1.80. The molecule has 0 rings (SSSR count). The fourth-order valence-corrected chi connectivity index (χ4v) is 1.95. The topological polar surface area (TPSA) is 49.3 Å². The number of hydrogen-bond acceptors (Lipinski definition) is 1. The maximum atomic E-state index is 10.6. The van der Waals surface area contributed by atoms with Crippen LogP contribution < -0.4 is 4.72 Å². The third kappa shape index (κ3) is 8.40. The first-order chi connectivity index (χ1) is 5.91. The molecule has 0 fully saturated rings. The predicted molar refractivity (Wildman–Crippen MR) is 56.6 cm³/mol.